The quantitative estimate of drug-likeness (QED) is 0.176. The van der Waals surface area contributed by atoms with Crippen molar-refractivity contribution in [3.63, 3.8) is 0 Å². The van der Waals surface area contributed by atoms with Gasteiger partial charge in [-0.15, -0.1) is 0 Å². The highest BCUT2D eigenvalue weighted by molar-refractivity contribution is 6.22. The van der Waals surface area contributed by atoms with Crippen LogP contribution in [0.2, 0.25) is 0 Å². The van der Waals surface area contributed by atoms with Crippen LogP contribution in [0.25, 0.3) is 116 Å². The highest BCUT2D eigenvalue weighted by Crippen LogP contribution is 2.52. The predicted octanol–water partition coefficient (Wildman–Crippen LogP) is 16.1. The maximum atomic E-state index is 6.72. The van der Waals surface area contributed by atoms with Crippen molar-refractivity contribution in [1.82, 2.24) is 28.3 Å². The van der Waals surface area contributed by atoms with Crippen LogP contribution in [0.4, 0.5) is 17.1 Å². The zero-order chi connectivity index (χ0) is 46.3. The minimum Gasteiger partial charge on any atom is -0.453 e. The van der Waals surface area contributed by atoms with Crippen LogP contribution in [0.15, 0.2) is 224 Å². The number of imidazole rings is 1. The molecule has 10 aromatic carbocycles. The van der Waals surface area contributed by atoms with Gasteiger partial charge >= 0.3 is 0 Å². The van der Waals surface area contributed by atoms with Crippen molar-refractivity contribution in [3.05, 3.63) is 224 Å². The number of fused-ring (bicyclic) bond motifs is 16. The first-order chi connectivity index (χ1) is 35.2. The average molecular weight is 908 g/mol. The van der Waals surface area contributed by atoms with E-state index in [4.69, 9.17) is 19.7 Å². The van der Waals surface area contributed by atoms with E-state index in [0.717, 1.165) is 128 Å². The summed E-state index contributed by atoms with van der Waals surface area (Å²) in [7, 11) is 0. The molecule has 8 heteroatoms. The van der Waals surface area contributed by atoms with E-state index in [1.54, 1.807) is 0 Å². The van der Waals surface area contributed by atoms with Crippen LogP contribution < -0.4 is 9.64 Å². The number of ether oxygens (including phenoxy) is 1. The number of benzene rings is 10. The first-order valence-corrected chi connectivity index (χ1v) is 23.9. The molecule has 15 aromatic rings. The van der Waals surface area contributed by atoms with Gasteiger partial charge in [0.25, 0.3) is 0 Å². The summed E-state index contributed by atoms with van der Waals surface area (Å²) < 4.78 is 13.6. The Hall–Kier alpha value is -9.79. The van der Waals surface area contributed by atoms with Gasteiger partial charge in [-0.3, -0.25) is 13.4 Å². The molecule has 0 bridgehead atoms. The van der Waals surface area contributed by atoms with Gasteiger partial charge in [-0.1, -0.05) is 133 Å². The molecular formula is C63H37N7O. The lowest BCUT2D eigenvalue weighted by atomic mass is 9.97. The van der Waals surface area contributed by atoms with Crippen LogP contribution in [-0.4, -0.2) is 28.3 Å². The number of hydrogen-bond donors (Lipinski definition) is 0. The van der Waals surface area contributed by atoms with Crippen molar-refractivity contribution < 1.29 is 4.74 Å². The Labute approximate surface area is 405 Å². The summed E-state index contributed by atoms with van der Waals surface area (Å²) in [6.07, 6.45) is 0. The molecule has 0 saturated carbocycles. The Morgan fingerprint density at radius 3 is 1.65 bits per heavy atom. The number of nitrogens with zero attached hydrogens (tertiary/aromatic N) is 7. The number of para-hydroxylation sites is 8. The molecule has 0 N–H and O–H groups in total. The summed E-state index contributed by atoms with van der Waals surface area (Å²) in [5, 5.41) is 7.90. The van der Waals surface area contributed by atoms with E-state index in [1.165, 1.54) is 10.8 Å². The summed E-state index contributed by atoms with van der Waals surface area (Å²) in [6.45, 7) is 0. The largest absolute Gasteiger partial charge is 0.453 e. The van der Waals surface area contributed by atoms with Crippen molar-refractivity contribution >= 4 is 105 Å². The van der Waals surface area contributed by atoms with Gasteiger partial charge in [0, 0.05) is 49.0 Å². The SMILES string of the molecule is c1ccc(N2c3ccccc3Oc3cc(-c4cc5c6ccccc6n6c7ccc(-c8nc(-n9c%10ccccc%10c%10ccccc%109)nc9ccccc89)cc7nc6n6c7ccccc7c(c4)c56)ccc32)cc1. The maximum Gasteiger partial charge on any atom is 0.235 e. The van der Waals surface area contributed by atoms with E-state index in [1.807, 2.05) is 18.2 Å². The first kappa shape index (κ1) is 38.2. The lowest BCUT2D eigenvalue weighted by Crippen LogP contribution is -2.15. The second-order valence-corrected chi connectivity index (χ2v) is 18.4. The van der Waals surface area contributed by atoms with Crippen LogP contribution >= 0.6 is 0 Å². The van der Waals surface area contributed by atoms with E-state index in [2.05, 4.69) is 225 Å². The van der Waals surface area contributed by atoms with Crippen molar-refractivity contribution in [2.24, 2.45) is 0 Å². The lowest BCUT2D eigenvalue weighted by molar-refractivity contribution is 0.477. The van der Waals surface area contributed by atoms with E-state index in [0.29, 0.717) is 5.95 Å². The molecular weight excluding hydrogens is 871 g/mol. The molecule has 5 aromatic heterocycles. The number of aromatic nitrogens is 6. The average Bonchev–Trinajstić information content (AvgIpc) is 4.07. The molecule has 0 fully saturated rings. The van der Waals surface area contributed by atoms with Crippen molar-refractivity contribution in [2.45, 2.75) is 0 Å². The van der Waals surface area contributed by atoms with E-state index >= 15 is 0 Å². The third kappa shape index (κ3) is 5.41. The fraction of sp³-hybridized carbons (Fsp3) is 0. The Kier molecular flexibility index (Phi) is 7.73. The molecule has 330 valence electrons. The summed E-state index contributed by atoms with van der Waals surface area (Å²) in [5.74, 6) is 3.10. The van der Waals surface area contributed by atoms with Gasteiger partial charge < -0.3 is 9.64 Å². The third-order valence-corrected chi connectivity index (χ3v) is 14.6. The Bertz CT molecular complexity index is 4700. The molecule has 0 unspecified atom stereocenters. The molecule has 1 aliphatic heterocycles. The molecule has 71 heavy (non-hydrogen) atoms. The fourth-order valence-corrected chi connectivity index (χ4v) is 11.5. The first-order valence-electron chi connectivity index (χ1n) is 23.9. The number of hydrogen-bond acceptors (Lipinski definition) is 5. The maximum absolute atomic E-state index is 6.72. The van der Waals surface area contributed by atoms with E-state index < -0.39 is 0 Å². The van der Waals surface area contributed by atoms with Gasteiger partial charge in [0.05, 0.1) is 61.2 Å². The van der Waals surface area contributed by atoms with Crippen LogP contribution in [0.5, 0.6) is 11.5 Å². The minimum absolute atomic E-state index is 0.630. The van der Waals surface area contributed by atoms with Gasteiger partial charge in [-0.2, -0.15) is 0 Å². The third-order valence-electron chi connectivity index (χ3n) is 14.6. The van der Waals surface area contributed by atoms with Crippen molar-refractivity contribution in [3.8, 4) is 39.8 Å². The lowest BCUT2D eigenvalue weighted by Gasteiger charge is -2.33. The summed E-state index contributed by atoms with van der Waals surface area (Å²) >= 11 is 0. The fourth-order valence-electron chi connectivity index (χ4n) is 11.5. The standard InChI is InChI=1S/C63H37N7O/c1-2-16-41(17-3-1)67-56-28-14-15-29-58(56)71-59-37-38(30-33-57(59)67)40-34-47-44-20-7-12-26-53(44)69-55-32-31-39(36-50(55)65-63(69)70-54-27-13-8-21-45(54)48(35-40)61(47)70)60-46-22-4-9-23-49(46)64-62(66-60)68-51-24-10-5-18-42(51)43-19-6-11-25-52(43)68/h1-37H. The van der Waals surface area contributed by atoms with Gasteiger partial charge in [0.1, 0.15) is 0 Å². The highest BCUT2D eigenvalue weighted by Gasteiger charge is 2.27. The van der Waals surface area contributed by atoms with Gasteiger partial charge in [0.2, 0.25) is 11.7 Å². The minimum atomic E-state index is 0.630. The molecule has 1 aliphatic rings. The predicted molar refractivity (Wildman–Crippen MR) is 289 cm³/mol. The number of rotatable bonds is 4. The second-order valence-electron chi connectivity index (χ2n) is 18.4. The highest BCUT2D eigenvalue weighted by atomic mass is 16.5. The number of anilines is 3. The van der Waals surface area contributed by atoms with Crippen molar-refractivity contribution in [1.29, 1.82) is 0 Å². The topological polar surface area (TPSA) is 64.9 Å². The molecule has 0 radical (unpaired) electrons. The molecule has 16 rings (SSSR count). The van der Waals surface area contributed by atoms with E-state index in [-0.39, 0.29) is 0 Å². The van der Waals surface area contributed by atoms with Crippen LogP contribution in [0.1, 0.15) is 0 Å². The molecule has 0 spiro atoms. The normalized spacial score (nSPS) is 12.6. The summed E-state index contributed by atoms with van der Waals surface area (Å²) in [4.78, 5) is 18.5. The van der Waals surface area contributed by atoms with Gasteiger partial charge in [0.15, 0.2) is 11.5 Å². The Morgan fingerprint density at radius 2 is 0.915 bits per heavy atom. The van der Waals surface area contributed by atoms with Gasteiger partial charge in [-0.05, 0) is 102 Å². The Morgan fingerprint density at radius 1 is 0.338 bits per heavy atom. The summed E-state index contributed by atoms with van der Waals surface area (Å²) in [5.41, 5.74) is 15.3. The van der Waals surface area contributed by atoms with Crippen LogP contribution in [0.3, 0.4) is 0 Å². The zero-order valence-electron chi connectivity index (χ0n) is 37.9. The zero-order valence-corrected chi connectivity index (χ0v) is 37.9. The Balaban J connectivity index is 0.921. The molecule has 0 saturated heterocycles. The van der Waals surface area contributed by atoms with Crippen LogP contribution in [-0.2, 0) is 0 Å². The second kappa shape index (κ2) is 14.4. The van der Waals surface area contributed by atoms with Crippen LogP contribution in [0, 0.1) is 0 Å². The smallest absolute Gasteiger partial charge is 0.235 e. The van der Waals surface area contributed by atoms with E-state index in [9.17, 15) is 0 Å². The molecule has 0 aliphatic carbocycles. The monoisotopic (exact) mass is 907 g/mol. The molecule has 6 heterocycles. The molecule has 0 amide bonds. The molecule has 8 nitrogen and oxygen atoms in total. The molecule has 0 atom stereocenters. The summed E-state index contributed by atoms with van der Waals surface area (Å²) in [6, 6.07) is 79.4. The van der Waals surface area contributed by atoms with Gasteiger partial charge in [-0.25, -0.2) is 15.0 Å². The van der Waals surface area contributed by atoms with Crippen molar-refractivity contribution in [2.75, 3.05) is 4.90 Å².